The molecule has 1 saturated carbocycles. The van der Waals surface area contributed by atoms with Crippen LogP contribution >= 0.6 is 0 Å². The quantitative estimate of drug-likeness (QED) is 0.463. The summed E-state index contributed by atoms with van der Waals surface area (Å²) in [7, 11) is 3.07. The van der Waals surface area contributed by atoms with Crippen LogP contribution in [0.15, 0.2) is 47.6 Å². The first-order valence-corrected chi connectivity index (χ1v) is 10.1. The van der Waals surface area contributed by atoms with Crippen LogP contribution in [0, 0.1) is 6.92 Å². The molecular formula is C23H29N3O4. The Morgan fingerprint density at radius 2 is 1.97 bits per heavy atom. The molecule has 7 nitrogen and oxygen atoms in total. The summed E-state index contributed by atoms with van der Waals surface area (Å²) in [5.74, 6) is 0.625. The predicted molar refractivity (Wildman–Crippen MR) is 115 cm³/mol. The van der Waals surface area contributed by atoms with Crippen molar-refractivity contribution in [1.82, 2.24) is 10.8 Å². The zero-order valence-electron chi connectivity index (χ0n) is 17.9. The second kappa shape index (κ2) is 10.2. The number of likely N-dealkylation sites (N-methyl/N-ethyl adjacent to an activating group) is 1. The molecule has 0 aliphatic heterocycles. The van der Waals surface area contributed by atoms with E-state index in [-0.39, 0.29) is 12.5 Å². The zero-order chi connectivity index (χ0) is 21.5. The third-order valence-electron chi connectivity index (χ3n) is 5.01. The second-order valence-corrected chi connectivity index (χ2v) is 7.28. The van der Waals surface area contributed by atoms with Crippen LogP contribution in [0.25, 0.3) is 0 Å². The van der Waals surface area contributed by atoms with Crippen LogP contribution in [-0.4, -0.2) is 31.9 Å². The first-order chi connectivity index (χ1) is 14.5. The van der Waals surface area contributed by atoms with Crippen molar-refractivity contribution in [1.29, 1.82) is 0 Å². The van der Waals surface area contributed by atoms with E-state index >= 15 is 0 Å². The number of hydroxylamine groups is 1. The van der Waals surface area contributed by atoms with Gasteiger partial charge in [0.25, 0.3) is 0 Å². The van der Waals surface area contributed by atoms with Crippen molar-refractivity contribution in [2.45, 2.75) is 45.4 Å². The topological polar surface area (TPSA) is 81.2 Å². The van der Waals surface area contributed by atoms with Crippen LogP contribution in [0.2, 0.25) is 0 Å². The maximum absolute atomic E-state index is 12.3. The molecule has 0 heterocycles. The monoisotopic (exact) mass is 411 g/mol. The molecule has 0 saturated heterocycles. The molecule has 1 aliphatic rings. The van der Waals surface area contributed by atoms with E-state index in [1.54, 1.807) is 7.05 Å². The average Bonchev–Trinajstić information content (AvgIpc) is 3.57. The summed E-state index contributed by atoms with van der Waals surface area (Å²) in [4.78, 5) is 23.1. The molecule has 160 valence electrons. The van der Waals surface area contributed by atoms with Gasteiger partial charge < -0.3 is 19.7 Å². The fourth-order valence-electron chi connectivity index (χ4n) is 3.19. The Morgan fingerprint density at radius 1 is 1.20 bits per heavy atom. The van der Waals surface area contributed by atoms with Gasteiger partial charge in [-0.3, -0.25) is 4.79 Å². The largest absolute Gasteiger partial charge is 0.490 e. The molecule has 0 spiro atoms. The molecule has 2 N–H and O–H groups in total. The summed E-state index contributed by atoms with van der Waals surface area (Å²) in [6, 6.07) is 12.9. The van der Waals surface area contributed by atoms with Gasteiger partial charge in [0.05, 0.1) is 18.9 Å². The number of benzene rings is 2. The van der Waals surface area contributed by atoms with E-state index < -0.39 is 6.04 Å². The van der Waals surface area contributed by atoms with Gasteiger partial charge in [-0.25, -0.2) is 0 Å². The zero-order valence-corrected chi connectivity index (χ0v) is 17.9. The van der Waals surface area contributed by atoms with Crippen molar-refractivity contribution in [3.63, 3.8) is 0 Å². The van der Waals surface area contributed by atoms with E-state index in [1.807, 2.05) is 56.3 Å². The first kappa shape index (κ1) is 21.8. The minimum atomic E-state index is -0.656. The average molecular weight is 412 g/mol. The Hall–Kier alpha value is -2.90. The minimum Gasteiger partial charge on any atom is -0.490 e. The smallest absolute Gasteiger partial charge is 0.243 e. The fraction of sp³-hybridized carbons (Fsp3) is 0.391. The van der Waals surface area contributed by atoms with Crippen molar-refractivity contribution >= 4 is 11.6 Å². The van der Waals surface area contributed by atoms with Gasteiger partial charge in [-0.2, -0.15) is 5.48 Å². The lowest BCUT2D eigenvalue weighted by atomic mass is 9.96. The molecule has 30 heavy (non-hydrogen) atoms. The van der Waals surface area contributed by atoms with Gasteiger partial charge in [-0.15, -0.1) is 0 Å². The summed E-state index contributed by atoms with van der Waals surface area (Å²) in [5.41, 5.74) is 7.07. The molecule has 7 heteroatoms. The molecule has 1 aliphatic carbocycles. The summed E-state index contributed by atoms with van der Waals surface area (Å²) in [6.45, 7) is 4.10. The van der Waals surface area contributed by atoms with E-state index in [9.17, 15) is 4.79 Å². The van der Waals surface area contributed by atoms with Crippen LogP contribution in [-0.2, 0) is 21.1 Å². The molecule has 1 fully saturated rings. The number of hydrogen-bond acceptors (Lipinski definition) is 6. The molecule has 1 amide bonds. The van der Waals surface area contributed by atoms with E-state index in [2.05, 4.69) is 16.0 Å². The number of carbonyl (C=O) groups is 1. The van der Waals surface area contributed by atoms with Crippen molar-refractivity contribution in [2.24, 2.45) is 5.16 Å². The molecular weight excluding hydrogens is 382 g/mol. The fourth-order valence-corrected chi connectivity index (χ4v) is 3.19. The number of nitrogens with one attached hydrogen (secondary N) is 2. The SMILES string of the molecule is CNC(=O)C(NOC)c1cccc(C)c1CO/N=C(\C)c1ccccc1OC1CC1. The summed E-state index contributed by atoms with van der Waals surface area (Å²) < 4.78 is 5.97. The number of para-hydroxylation sites is 1. The third-order valence-corrected chi connectivity index (χ3v) is 5.01. The molecule has 3 rings (SSSR count). The maximum Gasteiger partial charge on any atom is 0.243 e. The molecule has 0 aromatic heterocycles. The normalized spacial score (nSPS) is 14.9. The lowest BCUT2D eigenvalue weighted by Crippen LogP contribution is -2.36. The molecule has 2 aromatic carbocycles. The Bertz CT molecular complexity index is 909. The maximum atomic E-state index is 12.3. The van der Waals surface area contributed by atoms with E-state index in [1.165, 1.54) is 7.11 Å². The van der Waals surface area contributed by atoms with Crippen molar-refractivity contribution in [3.8, 4) is 5.75 Å². The van der Waals surface area contributed by atoms with Gasteiger partial charge in [0.2, 0.25) is 5.91 Å². The molecule has 0 radical (unpaired) electrons. The summed E-state index contributed by atoms with van der Waals surface area (Å²) >= 11 is 0. The van der Waals surface area contributed by atoms with Gasteiger partial charge in [0.15, 0.2) is 0 Å². The molecule has 1 atom stereocenters. The number of ether oxygens (including phenoxy) is 1. The first-order valence-electron chi connectivity index (χ1n) is 10.1. The number of rotatable bonds is 10. The van der Waals surface area contributed by atoms with Crippen LogP contribution in [0.4, 0.5) is 0 Å². The Labute approximate surface area is 177 Å². The summed E-state index contributed by atoms with van der Waals surface area (Å²) in [5, 5.41) is 6.97. The highest BCUT2D eigenvalue weighted by Crippen LogP contribution is 2.29. The Balaban J connectivity index is 1.78. The number of amides is 1. The molecule has 1 unspecified atom stereocenters. The van der Waals surface area contributed by atoms with Crippen LogP contribution in [0.3, 0.4) is 0 Å². The van der Waals surface area contributed by atoms with Crippen molar-refractivity contribution < 1.29 is 19.2 Å². The van der Waals surface area contributed by atoms with E-state index in [4.69, 9.17) is 14.4 Å². The number of nitrogens with zero attached hydrogens (tertiary/aromatic N) is 1. The number of aryl methyl sites for hydroxylation is 1. The molecule has 0 bridgehead atoms. The number of oxime groups is 1. The standard InChI is InChI=1S/C23H29N3O4/c1-15-8-7-10-19(22(26-28-4)23(27)24-3)20(15)14-29-25-16(2)18-9-5-6-11-21(18)30-17-12-13-17/h5-11,17,22,26H,12-14H2,1-4H3,(H,24,27)/b25-16+. The van der Waals surface area contributed by atoms with Gasteiger partial charge in [-0.05, 0) is 49.9 Å². The third kappa shape index (κ3) is 5.37. The van der Waals surface area contributed by atoms with Gasteiger partial charge in [-0.1, -0.05) is 35.5 Å². The summed E-state index contributed by atoms with van der Waals surface area (Å²) in [6.07, 6.45) is 2.50. The Morgan fingerprint density at radius 3 is 2.67 bits per heavy atom. The van der Waals surface area contributed by atoms with Crippen LogP contribution in [0.5, 0.6) is 5.75 Å². The number of carbonyl (C=O) groups excluding carboxylic acids is 1. The van der Waals surface area contributed by atoms with Gasteiger partial charge in [0, 0.05) is 18.2 Å². The van der Waals surface area contributed by atoms with Crippen molar-refractivity contribution in [3.05, 3.63) is 64.7 Å². The minimum absolute atomic E-state index is 0.200. The highest BCUT2D eigenvalue weighted by Gasteiger charge is 2.25. The number of hydrogen-bond donors (Lipinski definition) is 2. The lowest BCUT2D eigenvalue weighted by molar-refractivity contribution is -0.126. The highest BCUT2D eigenvalue weighted by atomic mass is 16.6. The van der Waals surface area contributed by atoms with E-state index in [0.29, 0.717) is 6.10 Å². The van der Waals surface area contributed by atoms with Gasteiger partial charge in [0.1, 0.15) is 18.4 Å². The van der Waals surface area contributed by atoms with Gasteiger partial charge >= 0.3 is 0 Å². The van der Waals surface area contributed by atoms with Crippen LogP contribution < -0.4 is 15.5 Å². The predicted octanol–water partition coefficient (Wildman–Crippen LogP) is 3.42. The van der Waals surface area contributed by atoms with Crippen LogP contribution in [0.1, 0.15) is 48.1 Å². The lowest BCUT2D eigenvalue weighted by Gasteiger charge is -2.20. The molecule has 2 aromatic rings. The second-order valence-electron chi connectivity index (χ2n) is 7.28. The highest BCUT2D eigenvalue weighted by molar-refractivity contribution is 6.00. The Kier molecular flexibility index (Phi) is 7.43. The van der Waals surface area contributed by atoms with E-state index in [0.717, 1.165) is 46.6 Å². The van der Waals surface area contributed by atoms with Crippen molar-refractivity contribution in [2.75, 3.05) is 14.2 Å².